The van der Waals surface area contributed by atoms with Crippen LogP contribution >= 0.6 is 0 Å². The highest BCUT2D eigenvalue weighted by molar-refractivity contribution is 6.14. The Kier molecular flexibility index (Phi) is 8.84. The molecule has 0 N–H and O–H groups in total. The van der Waals surface area contributed by atoms with Crippen LogP contribution in [0.4, 0.5) is 0 Å². The van der Waals surface area contributed by atoms with Crippen LogP contribution in [0.1, 0.15) is 25.0 Å². The lowest BCUT2D eigenvalue weighted by atomic mass is 9.82. The third-order valence-electron chi connectivity index (χ3n) is 13.2. The third-order valence-corrected chi connectivity index (χ3v) is 13.2. The molecule has 0 spiro atoms. The molecule has 3 heteroatoms. The highest BCUT2D eigenvalue weighted by Crippen LogP contribution is 2.50. The van der Waals surface area contributed by atoms with Crippen molar-refractivity contribution in [3.8, 4) is 84.1 Å². The van der Waals surface area contributed by atoms with Crippen LogP contribution in [0.25, 0.3) is 106 Å². The topological polar surface area (TPSA) is 30.7 Å². The van der Waals surface area contributed by atoms with Crippen molar-refractivity contribution in [3.63, 3.8) is 0 Å². The van der Waals surface area contributed by atoms with E-state index in [1.54, 1.807) is 0 Å². The number of para-hydroxylation sites is 1. The monoisotopic (exact) mass is 817 g/mol. The van der Waals surface area contributed by atoms with Gasteiger partial charge in [0.2, 0.25) is 0 Å². The lowest BCUT2D eigenvalue weighted by Gasteiger charge is -2.21. The lowest BCUT2D eigenvalue weighted by molar-refractivity contribution is 0.660. The molecule has 1 aliphatic rings. The number of hydrogen-bond acceptors (Lipinski definition) is 2. The molecular formula is C61H43N3. The first-order valence-corrected chi connectivity index (χ1v) is 22.1. The standard InChI is InChI=1S/C61H43N3/c1-61(2)54-29-16-15-26-49(54)52-37-44(30-32-55(52)61)45-31-33-58-53(38-45)50-27-17-28-51(60-62-56(42-22-11-5-12-23-42)39-57(63-60)43-24-13-6-14-25-43)59(50)64(58)48-35-46(40-18-7-3-8-19-40)34-47(36-48)41-20-9-4-10-21-41/h3-39H,1-2H3. The zero-order chi connectivity index (χ0) is 42.8. The summed E-state index contributed by atoms with van der Waals surface area (Å²) in [6, 6.07) is 80.9. The van der Waals surface area contributed by atoms with Gasteiger partial charge in [-0.2, -0.15) is 0 Å². The first-order chi connectivity index (χ1) is 31.5. The van der Waals surface area contributed by atoms with Gasteiger partial charge in [-0.3, -0.25) is 0 Å². The van der Waals surface area contributed by atoms with Gasteiger partial charge in [0.15, 0.2) is 5.82 Å². The molecule has 2 heterocycles. The highest BCUT2D eigenvalue weighted by Gasteiger charge is 2.35. The Bertz CT molecular complexity index is 3440. The van der Waals surface area contributed by atoms with Crippen molar-refractivity contribution in [1.82, 2.24) is 14.5 Å². The van der Waals surface area contributed by atoms with Crippen molar-refractivity contribution in [1.29, 1.82) is 0 Å². The maximum Gasteiger partial charge on any atom is 0.162 e. The molecule has 0 saturated heterocycles. The Balaban J connectivity index is 1.14. The molecule has 9 aromatic carbocycles. The van der Waals surface area contributed by atoms with E-state index in [2.05, 4.69) is 231 Å². The number of aromatic nitrogens is 3. The van der Waals surface area contributed by atoms with Gasteiger partial charge in [-0.25, -0.2) is 9.97 Å². The van der Waals surface area contributed by atoms with Gasteiger partial charge in [0, 0.05) is 38.6 Å². The number of fused-ring (bicyclic) bond motifs is 6. The Morgan fingerprint density at radius 1 is 0.344 bits per heavy atom. The van der Waals surface area contributed by atoms with Crippen molar-refractivity contribution in [2.75, 3.05) is 0 Å². The van der Waals surface area contributed by atoms with Crippen LogP contribution in [-0.4, -0.2) is 14.5 Å². The second kappa shape index (κ2) is 15.0. The first kappa shape index (κ1) is 37.6. The maximum atomic E-state index is 5.39. The molecule has 0 aliphatic heterocycles. The molecule has 0 saturated carbocycles. The predicted octanol–water partition coefficient (Wildman–Crippen LogP) is 15.9. The SMILES string of the molecule is CC1(C)c2ccccc2-c2cc(-c3ccc4c(c3)c3cccc(-c5nc(-c6ccccc6)cc(-c6ccccc6)n5)c3n4-c3cc(-c4ccccc4)cc(-c4ccccc4)c3)ccc21. The van der Waals surface area contributed by atoms with E-state index in [0.717, 1.165) is 72.4 Å². The fourth-order valence-corrected chi connectivity index (χ4v) is 10.0. The Morgan fingerprint density at radius 3 is 1.48 bits per heavy atom. The van der Waals surface area contributed by atoms with E-state index >= 15 is 0 Å². The normalized spacial score (nSPS) is 12.7. The molecule has 64 heavy (non-hydrogen) atoms. The largest absolute Gasteiger partial charge is 0.308 e. The summed E-state index contributed by atoms with van der Waals surface area (Å²) in [7, 11) is 0. The fourth-order valence-electron chi connectivity index (χ4n) is 10.0. The maximum absolute atomic E-state index is 5.39. The van der Waals surface area contributed by atoms with Gasteiger partial charge >= 0.3 is 0 Å². The molecule has 11 aromatic rings. The van der Waals surface area contributed by atoms with Gasteiger partial charge in [0.05, 0.1) is 22.4 Å². The second-order valence-corrected chi connectivity index (χ2v) is 17.4. The predicted molar refractivity (Wildman–Crippen MR) is 267 cm³/mol. The zero-order valence-corrected chi connectivity index (χ0v) is 35.7. The van der Waals surface area contributed by atoms with Crippen LogP contribution in [-0.2, 0) is 5.41 Å². The lowest BCUT2D eigenvalue weighted by Crippen LogP contribution is -2.14. The Hall–Kier alpha value is -8.14. The molecule has 1 aliphatic carbocycles. The Labute approximate surface area is 373 Å². The number of rotatable bonds is 7. The van der Waals surface area contributed by atoms with Crippen LogP contribution in [0.5, 0.6) is 0 Å². The van der Waals surface area contributed by atoms with E-state index in [1.807, 2.05) is 12.1 Å². The van der Waals surface area contributed by atoms with E-state index in [9.17, 15) is 0 Å². The minimum Gasteiger partial charge on any atom is -0.308 e. The van der Waals surface area contributed by atoms with E-state index in [0.29, 0.717) is 5.82 Å². The summed E-state index contributed by atoms with van der Waals surface area (Å²) in [5, 5.41) is 2.31. The van der Waals surface area contributed by atoms with E-state index in [4.69, 9.17) is 9.97 Å². The number of nitrogens with zero attached hydrogens (tertiary/aromatic N) is 3. The second-order valence-electron chi connectivity index (χ2n) is 17.4. The van der Waals surface area contributed by atoms with Crippen molar-refractivity contribution in [3.05, 3.63) is 236 Å². The molecule has 0 atom stereocenters. The molecule has 2 aromatic heterocycles. The van der Waals surface area contributed by atoms with Crippen LogP contribution < -0.4 is 0 Å². The molecule has 0 amide bonds. The molecule has 302 valence electrons. The van der Waals surface area contributed by atoms with Crippen molar-refractivity contribution >= 4 is 21.8 Å². The van der Waals surface area contributed by atoms with Crippen molar-refractivity contribution in [2.24, 2.45) is 0 Å². The molecular weight excluding hydrogens is 775 g/mol. The number of hydrogen-bond donors (Lipinski definition) is 0. The zero-order valence-electron chi connectivity index (χ0n) is 35.7. The smallest absolute Gasteiger partial charge is 0.162 e. The van der Waals surface area contributed by atoms with Crippen LogP contribution in [0.15, 0.2) is 224 Å². The summed E-state index contributed by atoms with van der Waals surface area (Å²) < 4.78 is 2.45. The summed E-state index contributed by atoms with van der Waals surface area (Å²) in [4.78, 5) is 10.8. The molecule has 0 radical (unpaired) electrons. The molecule has 0 fully saturated rings. The summed E-state index contributed by atoms with van der Waals surface area (Å²) >= 11 is 0. The fraction of sp³-hybridized carbons (Fsp3) is 0.0492. The van der Waals surface area contributed by atoms with Crippen LogP contribution in [0.2, 0.25) is 0 Å². The summed E-state index contributed by atoms with van der Waals surface area (Å²) in [6.07, 6.45) is 0. The number of benzene rings is 9. The minimum atomic E-state index is -0.0502. The molecule has 12 rings (SSSR count). The van der Waals surface area contributed by atoms with Gasteiger partial charge in [-0.15, -0.1) is 0 Å². The average Bonchev–Trinajstić information content (AvgIpc) is 3.82. The van der Waals surface area contributed by atoms with Crippen LogP contribution in [0, 0.1) is 0 Å². The quantitative estimate of drug-likeness (QED) is 0.160. The summed E-state index contributed by atoms with van der Waals surface area (Å²) in [5.41, 5.74) is 20.4. The van der Waals surface area contributed by atoms with Crippen molar-refractivity contribution in [2.45, 2.75) is 19.3 Å². The van der Waals surface area contributed by atoms with Gasteiger partial charge in [0.25, 0.3) is 0 Å². The molecule has 0 bridgehead atoms. The summed E-state index contributed by atoms with van der Waals surface area (Å²) in [5.74, 6) is 0.678. The van der Waals surface area contributed by atoms with E-state index < -0.39 is 0 Å². The van der Waals surface area contributed by atoms with Gasteiger partial charge in [-0.05, 0) is 104 Å². The van der Waals surface area contributed by atoms with Gasteiger partial charge < -0.3 is 4.57 Å². The van der Waals surface area contributed by atoms with E-state index in [1.165, 1.54) is 38.8 Å². The van der Waals surface area contributed by atoms with Crippen molar-refractivity contribution < 1.29 is 0 Å². The Morgan fingerprint density at radius 2 is 0.859 bits per heavy atom. The average molecular weight is 818 g/mol. The van der Waals surface area contributed by atoms with Gasteiger partial charge in [-0.1, -0.05) is 190 Å². The minimum absolute atomic E-state index is 0.0502. The molecule has 0 unspecified atom stereocenters. The van der Waals surface area contributed by atoms with E-state index in [-0.39, 0.29) is 5.41 Å². The highest BCUT2D eigenvalue weighted by atomic mass is 15.0. The summed E-state index contributed by atoms with van der Waals surface area (Å²) in [6.45, 7) is 4.68. The van der Waals surface area contributed by atoms with Gasteiger partial charge in [0.1, 0.15) is 0 Å². The third kappa shape index (κ3) is 6.28. The van der Waals surface area contributed by atoms with Crippen LogP contribution in [0.3, 0.4) is 0 Å². The first-order valence-electron chi connectivity index (χ1n) is 22.1. The molecule has 3 nitrogen and oxygen atoms in total.